The van der Waals surface area contributed by atoms with Crippen molar-refractivity contribution in [1.82, 2.24) is 21.3 Å². The maximum absolute atomic E-state index is 12.2. The topological polar surface area (TPSA) is 160 Å². The Balaban J connectivity index is 1.13. The summed E-state index contributed by atoms with van der Waals surface area (Å²) >= 11 is 1.91. The number of amides is 4. The largest absolute Gasteiger partial charge is 0.393 e. The maximum atomic E-state index is 12.2. The smallest absolute Gasteiger partial charge is 0.315 e. The van der Waals surface area contributed by atoms with Crippen molar-refractivity contribution in [3.63, 3.8) is 0 Å². The number of hydrogen-bond acceptors (Lipinski definition) is 7. The number of thioether (sulfide) groups is 1. The Labute approximate surface area is 280 Å². The molecule has 2 aliphatic heterocycles. The van der Waals surface area contributed by atoms with Gasteiger partial charge in [-0.05, 0) is 63.7 Å². The quantitative estimate of drug-likeness (QED) is 0.0492. The molecule has 10 nitrogen and oxygen atoms in total. The lowest BCUT2D eigenvalue weighted by atomic mass is 9.89. The lowest BCUT2D eigenvalue weighted by molar-refractivity contribution is -0.121. The number of allylic oxidation sites excluding steroid dienone is 2. The highest BCUT2D eigenvalue weighted by Gasteiger charge is 2.42. The number of fused-ring (bicyclic) bond motifs is 1. The van der Waals surface area contributed by atoms with Crippen LogP contribution in [0.4, 0.5) is 4.79 Å². The van der Waals surface area contributed by atoms with Crippen LogP contribution in [0.1, 0.15) is 110 Å². The second-order valence-corrected chi connectivity index (χ2v) is 14.6. The molecule has 8 atom stereocenters. The summed E-state index contributed by atoms with van der Waals surface area (Å²) in [4.78, 5) is 35.8. The fourth-order valence-electron chi connectivity index (χ4n) is 6.75. The van der Waals surface area contributed by atoms with Gasteiger partial charge in [-0.3, -0.25) is 9.59 Å². The first kappa shape index (κ1) is 38.4. The zero-order valence-electron chi connectivity index (χ0n) is 27.8. The first-order chi connectivity index (χ1) is 22.3. The van der Waals surface area contributed by atoms with Gasteiger partial charge in [0.2, 0.25) is 11.8 Å². The molecule has 0 aromatic carbocycles. The van der Waals surface area contributed by atoms with E-state index in [2.05, 4.69) is 34.3 Å². The number of urea groups is 1. The molecule has 0 radical (unpaired) electrons. The summed E-state index contributed by atoms with van der Waals surface area (Å²) in [7, 11) is 0. The molecule has 3 rings (SSSR count). The maximum Gasteiger partial charge on any atom is 0.315 e. The van der Waals surface area contributed by atoms with Crippen LogP contribution in [-0.4, -0.2) is 87.7 Å². The third kappa shape index (κ3) is 14.0. The van der Waals surface area contributed by atoms with E-state index in [1.54, 1.807) is 6.08 Å². The van der Waals surface area contributed by atoms with Crippen molar-refractivity contribution in [2.24, 2.45) is 11.8 Å². The van der Waals surface area contributed by atoms with Crippen molar-refractivity contribution in [3.8, 4) is 0 Å². The zero-order valence-corrected chi connectivity index (χ0v) is 28.7. The summed E-state index contributed by atoms with van der Waals surface area (Å²) < 4.78 is 0. The first-order valence-corrected chi connectivity index (χ1v) is 18.9. The van der Waals surface area contributed by atoms with Crippen molar-refractivity contribution in [3.05, 3.63) is 24.3 Å². The van der Waals surface area contributed by atoms with Gasteiger partial charge in [-0.1, -0.05) is 56.9 Å². The van der Waals surface area contributed by atoms with E-state index in [1.165, 1.54) is 0 Å². The molecule has 0 spiro atoms. The SMILES string of the molecule is CCCCC[C@H](O)/C=C/[C@@H]1[C@@H](C/C=C\CCCC(=O)NCCCCCNC(=O)CCCC[C@H]2SC[C@H]3NC(=O)N[C@@H]32)[C@@H](O)C[C@@H]1O. The van der Waals surface area contributed by atoms with Gasteiger partial charge in [0.1, 0.15) is 0 Å². The standard InChI is InChI=1S/C35H60N4O6S/c1-2-3-7-14-25(40)19-20-27-26(29(41)23-30(27)42)15-8-4-5-9-17-32(43)36-21-12-6-13-22-37-33(44)18-11-10-16-31-34-28(24-46-31)38-35(45)39-34/h4,8,19-20,25-31,34,40-42H,2-3,5-7,9-18,21-24H2,1H3,(H,36,43)(H,37,44)(H2,38,39,45)/b8-4-,20-19+/t25-,26+,27+,28+,29-,30-,31+,34-/m0/s1. The fraction of sp³-hybridized carbons (Fsp3) is 0.800. The van der Waals surface area contributed by atoms with E-state index in [1.807, 2.05) is 23.9 Å². The molecule has 2 saturated heterocycles. The Kier molecular flexibility index (Phi) is 18.1. The van der Waals surface area contributed by atoms with E-state index in [-0.39, 0.29) is 41.8 Å². The van der Waals surface area contributed by atoms with Gasteiger partial charge < -0.3 is 36.6 Å². The molecule has 2 heterocycles. The number of rotatable bonds is 23. The average Bonchev–Trinajstić information content (AvgIpc) is 3.66. The molecule has 0 aromatic heterocycles. The summed E-state index contributed by atoms with van der Waals surface area (Å²) in [6.07, 6.45) is 19.2. The second kappa shape index (κ2) is 21.7. The Morgan fingerprint density at radius 2 is 1.67 bits per heavy atom. The Morgan fingerprint density at radius 1 is 0.935 bits per heavy atom. The predicted octanol–water partition coefficient (Wildman–Crippen LogP) is 4.09. The minimum absolute atomic E-state index is 0.0526. The molecule has 11 heteroatoms. The lowest BCUT2D eigenvalue weighted by Gasteiger charge is -2.19. The van der Waals surface area contributed by atoms with Crippen molar-refractivity contribution in [1.29, 1.82) is 0 Å². The molecule has 0 unspecified atom stereocenters. The molecule has 3 fully saturated rings. The molecular weight excluding hydrogens is 604 g/mol. The van der Waals surface area contributed by atoms with Gasteiger partial charge in [0.05, 0.1) is 30.4 Å². The molecule has 0 bridgehead atoms. The van der Waals surface area contributed by atoms with Crippen LogP contribution in [-0.2, 0) is 9.59 Å². The van der Waals surface area contributed by atoms with Crippen LogP contribution in [0.5, 0.6) is 0 Å². The van der Waals surface area contributed by atoms with Crippen molar-refractivity contribution in [2.45, 2.75) is 145 Å². The number of carbonyl (C=O) groups excluding carboxylic acids is 3. The number of hydrogen-bond donors (Lipinski definition) is 7. The van der Waals surface area contributed by atoms with Gasteiger partial charge in [0.25, 0.3) is 0 Å². The number of unbranched alkanes of at least 4 members (excludes halogenated alkanes) is 6. The van der Waals surface area contributed by atoms with Crippen LogP contribution in [0, 0.1) is 11.8 Å². The average molecular weight is 665 g/mol. The summed E-state index contributed by atoms with van der Waals surface area (Å²) in [6.45, 7) is 3.44. The van der Waals surface area contributed by atoms with Crippen molar-refractivity contribution in [2.75, 3.05) is 18.8 Å². The van der Waals surface area contributed by atoms with E-state index >= 15 is 0 Å². The van der Waals surface area contributed by atoms with E-state index in [0.717, 1.165) is 82.8 Å². The molecule has 7 N–H and O–H groups in total. The Hall–Kier alpha value is -2.08. The number of nitrogens with one attached hydrogen (secondary N) is 4. The highest BCUT2D eigenvalue weighted by atomic mass is 32.2. The minimum atomic E-state index is -0.595. The van der Waals surface area contributed by atoms with Gasteiger partial charge in [-0.15, -0.1) is 0 Å². The summed E-state index contributed by atoms with van der Waals surface area (Å²) in [5.74, 6) is 0.875. The van der Waals surface area contributed by atoms with Crippen LogP contribution in [0.25, 0.3) is 0 Å². The highest BCUT2D eigenvalue weighted by molar-refractivity contribution is 8.00. The molecule has 1 aliphatic carbocycles. The third-order valence-corrected chi connectivity index (χ3v) is 11.0. The molecule has 46 heavy (non-hydrogen) atoms. The van der Waals surface area contributed by atoms with Crippen molar-refractivity contribution < 1.29 is 29.7 Å². The Bertz CT molecular complexity index is 981. The molecule has 262 valence electrons. The first-order valence-electron chi connectivity index (χ1n) is 17.9. The molecular formula is C35H60N4O6S. The fourth-order valence-corrected chi connectivity index (χ4v) is 8.29. The lowest BCUT2D eigenvalue weighted by Crippen LogP contribution is -2.36. The van der Waals surface area contributed by atoms with Crippen LogP contribution < -0.4 is 21.3 Å². The Morgan fingerprint density at radius 3 is 2.41 bits per heavy atom. The van der Waals surface area contributed by atoms with E-state index in [0.29, 0.717) is 44.0 Å². The van der Waals surface area contributed by atoms with Gasteiger partial charge in [-0.25, -0.2) is 4.79 Å². The summed E-state index contributed by atoms with van der Waals surface area (Å²) in [5, 5.41) is 43.4. The third-order valence-electron chi connectivity index (χ3n) is 9.50. The zero-order chi connectivity index (χ0) is 33.1. The number of aliphatic hydroxyl groups is 3. The molecule has 3 aliphatic rings. The molecule has 0 aromatic rings. The second-order valence-electron chi connectivity index (χ2n) is 13.3. The number of aliphatic hydroxyl groups excluding tert-OH is 3. The minimum Gasteiger partial charge on any atom is -0.393 e. The predicted molar refractivity (Wildman–Crippen MR) is 184 cm³/mol. The van der Waals surface area contributed by atoms with Crippen LogP contribution >= 0.6 is 11.8 Å². The molecule has 1 saturated carbocycles. The van der Waals surface area contributed by atoms with E-state index < -0.39 is 18.3 Å². The van der Waals surface area contributed by atoms with Crippen LogP contribution in [0.3, 0.4) is 0 Å². The normalized spacial score (nSPS) is 28.0. The summed E-state index contributed by atoms with van der Waals surface area (Å²) in [5.41, 5.74) is 0. The van der Waals surface area contributed by atoms with Gasteiger partial charge in [0.15, 0.2) is 0 Å². The van der Waals surface area contributed by atoms with Gasteiger partial charge >= 0.3 is 6.03 Å². The van der Waals surface area contributed by atoms with E-state index in [4.69, 9.17) is 0 Å². The monoisotopic (exact) mass is 664 g/mol. The van der Waals surface area contributed by atoms with Crippen molar-refractivity contribution >= 4 is 29.6 Å². The summed E-state index contributed by atoms with van der Waals surface area (Å²) in [6, 6.07) is 0.414. The molecule has 4 amide bonds. The highest BCUT2D eigenvalue weighted by Crippen LogP contribution is 2.36. The van der Waals surface area contributed by atoms with E-state index in [9.17, 15) is 29.7 Å². The number of carbonyl (C=O) groups is 3. The van der Waals surface area contributed by atoms with Gasteiger partial charge in [0, 0.05) is 49.3 Å². The van der Waals surface area contributed by atoms with Gasteiger partial charge in [-0.2, -0.15) is 11.8 Å². The van der Waals surface area contributed by atoms with Crippen LogP contribution in [0.2, 0.25) is 0 Å². The van der Waals surface area contributed by atoms with Crippen LogP contribution in [0.15, 0.2) is 24.3 Å².